The molecule has 2 heterocycles. The van der Waals surface area contributed by atoms with Crippen LogP contribution >= 0.6 is 0 Å². The molecule has 0 bridgehead atoms. The Morgan fingerprint density at radius 2 is 2.00 bits per heavy atom. The lowest BCUT2D eigenvalue weighted by atomic mass is 9.66. The van der Waals surface area contributed by atoms with Crippen molar-refractivity contribution in [1.29, 1.82) is 0 Å². The van der Waals surface area contributed by atoms with E-state index in [0.717, 1.165) is 43.9 Å². The summed E-state index contributed by atoms with van der Waals surface area (Å²) < 4.78 is 1.98. The molecular formula is C20H28N4O. The van der Waals surface area contributed by atoms with Crippen LogP contribution in [0.15, 0.2) is 36.7 Å². The van der Waals surface area contributed by atoms with E-state index in [2.05, 4.69) is 34.0 Å². The molecular weight excluding hydrogens is 312 g/mol. The Labute approximate surface area is 149 Å². The van der Waals surface area contributed by atoms with Crippen molar-refractivity contribution in [2.45, 2.75) is 63.8 Å². The molecule has 1 aromatic carbocycles. The lowest BCUT2D eigenvalue weighted by Crippen LogP contribution is -2.57. The minimum absolute atomic E-state index is 0.301. The van der Waals surface area contributed by atoms with Gasteiger partial charge in [0.25, 0.3) is 0 Å². The van der Waals surface area contributed by atoms with Gasteiger partial charge in [-0.3, -0.25) is 4.90 Å². The third kappa shape index (κ3) is 3.00. The van der Waals surface area contributed by atoms with Crippen molar-refractivity contribution >= 4 is 0 Å². The smallest absolute Gasteiger partial charge is 0.141 e. The first-order valence-electron chi connectivity index (χ1n) is 9.61. The minimum atomic E-state index is -0.693. The van der Waals surface area contributed by atoms with Gasteiger partial charge in [0.05, 0.1) is 12.1 Å². The number of aromatic nitrogens is 3. The molecule has 0 unspecified atom stereocenters. The second kappa shape index (κ2) is 6.89. The summed E-state index contributed by atoms with van der Waals surface area (Å²) in [6.45, 7) is 4.69. The van der Waals surface area contributed by atoms with E-state index < -0.39 is 5.60 Å². The Kier molecular flexibility index (Phi) is 4.61. The summed E-state index contributed by atoms with van der Waals surface area (Å²) in [5.74, 6) is 1.34. The van der Waals surface area contributed by atoms with E-state index in [1.807, 2.05) is 22.9 Å². The van der Waals surface area contributed by atoms with Crippen molar-refractivity contribution in [3.05, 3.63) is 48.0 Å². The number of likely N-dealkylation sites (tertiary alicyclic amines) is 1. The van der Waals surface area contributed by atoms with Gasteiger partial charge in [-0.05, 0) is 31.7 Å². The fourth-order valence-electron chi connectivity index (χ4n) is 4.91. The maximum atomic E-state index is 11.6. The number of fused-ring (bicyclic) bond motifs is 1. The zero-order valence-electron chi connectivity index (χ0n) is 15.0. The SMILES string of the molecule is CCn1ncnc1CN1CC[C@](O)(c2ccccc2)[C@@H]2CCCC[C@H]21. The van der Waals surface area contributed by atoms with Crippen molar-refractivity contribution in [3.63, 3.8) is 0 Å². The second-order valence-corrected chi connectivity index (χ2v) is 7.46. The van der Waals surface area contributed by atoms with E-state index >= 15 is 0 Å². The van der Waals surface area contributed by atoms with Crippen LogP contribution in [0.4, 0.5) is 0 Å². The minimum Gasteiger partial charge on any atom is -0.385 e. The third-order valence-electron chi connectivity index (χ3n) is 6.21. The maximum absolute atomic E-state index is 11.6. The van der Waals surface area contributed by atoms with E-state index in [-0.39, 0.29) is 0 Å². The molecule has 3 atom stereocenters. The predicted molar refractivity (Wildman–Crippen MR) is 96.8 cm³/mol. The van der Waals surface area contributed by atoms with Crippen LogP contribution in [0.1, 0.15) is 50.4 Å². The zero-order valence-corrected chi connectivity index (χ0v) is 15.0. The highest BCUT2D eigenvalue weighted by Gasteiger charge is 2.49. The molecule has 0 spiro atoms. The standard InChI is InChI=1S/C20H28N4O/c1-2-24-19(21-15-22-24)14-23-13-12-20(25,16-8-4-3-5-9-16)17-10-6-7-11-18(17)23/h3-5,8-9,15,17-18,25H,2,6-7,10-14H2,1H3/t17-,18-,20+/m1/s1. The van der Waals surface area contributed by atoms with Crippen LogP contribution in [0, 0.1) is 5.92 Å². The van der Waals surface area contributed by atoms with Crippen molar-refractivity contribution in [1.82, 2.24) is 19.7 Å². The highest BCUT2D eigenvalue weighted by molar-refractivity contribution is 5.25. The van der Waals surface area contributed by atoms with Gasteiger partial charge in [0, 0.05) is 25.0 Å². The number of benzene rings is 1. The van der Waals surface area contributed by atoms with Crippen molar-refractivity contribution < 1.29 is 5.11 Å². The molecule has 1 aliphatic carbocycles. The van der Waals surface area contributed by atoms with Crippen LogP contribution in [-0.4, -0.2) is 37.4 Å². The molecule has 2 aliphatic rings. The number of hydrogen-bond donors (Lipinski definition) is 1. The Morgan fingerprint density at radius 3 is 2.80 bits per heavy atom. The van der Waals surface area contributed by atoms with Crippen molar-refractivity contribution in [3.8, 4) is 0 Å². The lowest BCUT2D eigenvalue weighted by Gasteiger charge is -2.52. The molecule has 134 valence electrons. The number of piperidine rings is 1. The largest absolute Gasteiger partial charge is 0.385 e. The van der Waals surface area contributed by atoms with E-state index in [1.54, 1.807) is 6.33 Å². The first kappa shape index (κ1) is 16.7. The third-order valence-corrected chi connectivity index (χ3v) is 6.21. The van der Waals surface area contributed by atoms with Gasteiger partial charge >= 0.3 is 0 Å². The average molecular weight is 340 g/mol. The fourth-order valence-corrected chi connectivity index (χ4v) is 4.91. The summed E-state index contributed by atoms with van der Waals surface area (Å²) in [6, 6.07) is 10.7. The van der Waals surface area contributed by atoms with Gasteiger partial charge in [-0.25, -0.2) is 9.67 Å². The van der Waals surface area contributed by atoms with E-state index in [1.165, 1.54) is 19.3 Å². The van der Waals surface area contributed by atoms with Crippen LogP contribution < -0.4 is 0 Å². The summed E-state index contributed by atoms with van der Waals surface area (Å²) in [5.41, 5.74) is 0.393. The Bertz CT molecular complexity index is 701. The van der Waals surface area contributed by atoms with E-state index in [9.17, 15) is 5.11 Å². The summed E-state index contributed by atoms with van der Waals surface area (Å²) in [6.07, 6.45) is 7.19. The fraction of sp³-hybridized carbons (Fsp3) is 0.600. The van der Waals surface area contributed by atoms with Crippen molar-refractivity contribution in [2.75, 3.05) is 6.54 Å². The van der Waals surface area contributed by atoms with E-state index in [4.69, 9.17) is 0 Å². The molecule has 5 heteroatoms. The summed E-state index contributed by atoms with van der Waals surface area (Å²) in [4.78, 5) is 7.00. The van der Waals surface area contributed by atoms with Gasteiger partial charge in [-0.2, -0.15) is 5.10 Å². The highest BCUT2D eigenvalue weighted by atomic mass is 16.3. The van der Waals surface area contributed by atoms with Crippen molar-refractivity contribution in [2.24, 2.45) is 5.92 Å². The van der Waals surface area contributed by atoms with Crippen LogP contribution in [0.25, 0.3) is 0 Å². The summed E-state index contributed by atoms with van der Waals surface area (Å²) >= 11 is 0. The van der Waals surface area contributed by atoms with Gasteiger partial charge in [0.15, 0.2) is 0 Å². The Hall–Kier alpha value is -1.72. The predicted octanol–water partition coefficient (Wildman–Crippen LogP) is 2.95. The van der Waals surface area contributed by atoms with Crippen LogP contribution in [0.2, 0.25) is 0 Å². The van der Waals surface area contributed by atoms with E-state index in [0.29, 0.717) is 12.0 Å². The molecule has 1 saturated carbocycles. The molecule has 2 fully saturated rings. The van der Waals surface area contributed by atoms with Gasteiger partial charge < -0.3 is 5.11 Å². The summed E-state index contributed by atoms with van der Waals surface area (Å²) in [7, 11) is 0. The van der Waals surface area contributed by atoms with Crippen LogP contribution in [-0.2, 0) is 18.7 Å². The van der Waals surface area contributed by atoms with Crippen LogP contribution in [0.3, 0.4) is 0 Å². The lowest BCUT2D eigenvalue weighted by molar-refractivity contribution is -0.123. The average Bonchev–Trinajstić information content (AvgIpc) is 3.12. The highest BCUT2D eigenvalue weighted by Crippen LogP contribution is 2.47. The molecule has 1 aromatic heterocycles. The van der Waals surface area contributed by atoms with Gasteiger partial charge in [-0.1, -0.05) is 43.2 Å². The van der Waals surface area contributed by atoms with Gasteiger partial charge in [0.2, 0.25) is 0 Å². The second-order valence-electron chi connectivity index (χ2n) is 7.46. The molecule has 0 amide bonds. The molecule has 1 saturated heterocycles. The number of aryl methyl sites for hydroxylation is 1. The molecule has 5 nitrogen and oxygen atoms in total. The molecule has 2 aromatic rings. The molecule has 1 aliphatic heterocycles. The number of aliphatic hydroxyl groups is 1. The van der Waals surface area contributed by atoms with Crippen LogP contribution in [0.5, 0.6) is 0 Å². The van der Waals surface area contributed by atoms with Gasteiger partial charge in [0.1, 0.15) is 12.2 Å². The number of rotatable bonds is 4. The normalized spacial score (nSPS) is 30.2. The van der Waals surface area contributed by atoms with Gasteiger partial charge in [-0.15, -0.1) is 0 Å². The molecule has 25 heavy (non-hydrogen) atoms. The Morgan fingerprint density at radius 1 is 1.20 bits per heavy atom. The number of nitrogens with zero attached hydrogens (tertiary/aromatic N) is 4. The maximum Gasteiger partial charge on any atom is 0.141 e. The number of hydrogen-bond acceptors (Lipinski definition) is 4. The topological polar surface area (TPSA) is 54.2 Å². The molecule has 1 N–H and O–H groups in total. The zero-order chi connectivity index (χ0) is 17.3. The first-order chi connectivity index (χ1) is 12.2. The molecule has 0 radical (unpaired) electrons. The quantitative estimate of drug-likeness (QED) is 0.930. The monoisotopic (exact) mass is 340 g/mol. The molecule has 4 rings (SSSR count). The Balaban J connectivity index is 1.60. The summed E-state index contributed by atoms with van der Waals surface area (Å²) in [5, 5.41) is 15.9. The first-order valence-corrected chi connectivity index (χ1v) is 9.61.